The Kier molecular flexibility index (Phi) is 3.89. The first-order chi connectivity index (χ1) is 8.29. The first-order valence-corrected chi connectivity index (χ1v) is 6.21. The summed E-state index contributed by atoms with van der Waals surface area (Å²) in [5, 5.41) is 9.12. The van der Waals surface area contributed by atoms with Gasteiger partial charge in [-0.2, -0.15) is 5.10 Å². The second-order valence-electron chi connectivity index (χ2n) is 3.53. The number of nitrogens with two attached hydrogens (primary N) is 1. The second kappa shape index (κ2) is 5.60. The molecule has 2 aromatic rings. The highest BCUT2D eigenvalue weighted by Gasteiger charge is 2.01. The Morgan fingerprint density at radius 3 is 3.06 bits per heavy atom. The van der Waals surface area contributed by atoms with Gasteiger partial charge >= 0.3 is 0 Å². The van der Waals surface area contributed by atoms with Gasteiger partial charge in [-0.15, -0.1) is 11.3 Å². The Labute approximate surface area is 103 Å². The van der Waals surface area contributed by atoms with Gasteiger partial charge in [0, 0.05) is 24.0 Å². The number of hydrogen-bond donors (Lipinski definition) is 2. The van der Waals surface area contributed by atoms with Crippen LogP contribution < -0.4 is 16.6 Å². The number of nitrogens with zero attached hydrogens (tertiary/aromatic N) is 2. The second-order valence-corrected chi connectivity index (χ2v) is 4.57. The summed E-state index contributed by atoms with van der Waals surface area (Å²) < 4.78 is 1.44. The molecule has 2 aromatic heterocycles. The molecule has 0 amide bonds. The Balaban J connectivity index is 2.12. The summed E-state index contributed by atoms with van der Waals surface area (Å²) in [6, 6.07) is 5.48. The molecule has 5 nitrogen and oxygen atoms in total. The fraction of sp³-hybridized carbons (Fsp3) is 0.273. The van der Waals surface area contributed by atoms with Crippen molar-refractivity contribution in [3.05, 3.63) is 45.0 Å². The van der Waals surface area contributed by atoms with Crippen LogP contribution in [0.15, 0.2) is 34.6 Å². The number of anilines is 1. The van der Waals surface area contributed by atoms with Crippen LogP contribution in [0.1, 0.15) is 4.88 Å². The molecule has 0 aliphatic carbocycles. The summed E-state index contributed by atoms with van der Waals surface area (Å²) in [6.07, 6.45) is 1.64. The molecule has 0 atom stereocenters. The van der Waals surface area contributed by atoms with E-state index in [-0.39, 0.29) is 5.56 Å². The first-order valence-electron chi connectivity index (χ1n) is 5.33. The van der Waals surface area contributed by atoms with Crippen molar-refractivity contribution >= 4 is 17.0 Å². The van der Waals surface area contributed by atoms with Crippen LogP contribution in [0.25, 0.3) is 0 Å². The highest BCUT2D eigenvalue weighted by molar-refractivity contribution is 7.09. The van der Waals surface area contributed by atoms with Crippen LogP contribution in [-0.2, 0) is 6.54 Å². The van der Waals surface area contributed by atoms with E-state index in [9.17, 15) is 4.79 Å². The average Bonchev–Trinajstić information content (AvgIpc) is 2.82. The highest BCUT2D eigenvalue weighted by atomic mass is 32.1. The zero-order chi connectivity index (χ0) is 12.1. The Morgan fingerprint density at radius 2 is 2.41 bits per heavy atom. The predicted molar refractivity (Wildman–Crippen MR) is 69.5 cm³/mol. The minimum Gasteiger partial charge on any atom is -0.382 e. The summed E-state index contributed by atoms with van der Waals surface area (Å²) >= 11 is 1.61. The molecule has 90 valence electrons. The molecular weight excluding hydrogens is 236 g/mol. The van der Waals surface area contributed by atoms with Crippen LogP contribution in [0.5, 0.6) is 0 Å². The van der Waals surface area contributed by atoms with Gasteiger partial charge in [0.2, 0.25) is 0 Å². The summed E-state index contributed by atoms with van der Waals surface area (Å²) in [5.41, 5.74) is 5.97. The van der Waals surface area contributed by atoms with Crippen molar-refractivity contribution in [2.75, 3.05) is 18.4 Å². The predicted octanol–water partition coefficient (Wildman–Crippen LogP) is 0.724. The topological polar surface area (TPSA) is 72.9 Å². The fourth-order valence-electron chi connectivity index (χ4n) is 1.42. The molecule has 0 radical (unpaired) electrons. The molecule has 2 rings (SSSR count). The number of nitrogens with one attached hydrogen (secondary N) is 1. The van der Waals surface area contributed by atoms with E-state index in [0.29, 0.717) is 25.3 Å². The van der Waals surface area contributed by atoms with Gasteiger partial charge in [-0.05, 0) is 11.4 Å². The Bertz CT molecular complexity index is 521. The van der Waals surface area contributed by atoms with Crippen molar-refractivity contribution in [1.29, 1.82) is 0 Å². The van der Waals surface area contributed by atoms with Crippen LogP contribution in [-0.4, -0.2) is 22.9 Å². The number of thiophene rings is 1. The third kappa shape index (κ3) is 3.15. The fourth-order valence-corrected chi connectivity index (χ4v) is 2.10. The van der Waals surface area contributed by atoms with Crippen molar-refractivity contribution in [2.24, 2.45) is 5.73 Å². The monoisotopic (exact) mass is 250 g/mol. The van der Waals surface area contributed by atoms with E-state index in [4.69, 9.17) is 5.73 Å². The van der Waals surface area contributed by atoms with E-state index >= 15 is 0 Å². The van der Waals surface area contributed by atoms with E-state index in [1.54, 1.807) is 17.5 Å². The lowest BCUT2D eigenvalue weighted by Crippen LogP contribution is -2.23. The van der Waals surface area contributed by atoms with E-state index < -0.39 is 0 Å². The lowest BCUT2D eigenvalue weighted by molar-refractivity contribution is 0.646. The quantitative estimate of drug-likeness (QED) is 0.820. The van der Waals surface area contributed by atoms with Crippen LogP contribution in [0.2, 0.25) is 0 Å². The van der Waals surface area contributed by atoms with Gasteiger partial charge in [0.15, 0.2) is 0 Å². The average molecular weight is 250 g/mol. The molecule has 0 fully saturated rings. The standard InChI is InChI=1S/C11H14N4OS/c12-3-4-13-9-6-11(16)15(14-7-9)8-10-2-1-5-17-10/h1-2,5-7,13H,3-4,8,12H2. The van der Waals surface area contributed by atoms with Crippen molar-refractivity contribution in [3.63, 3.8) is 0 Å². The molecule has 0 aliphatic rings. The van der Waals surface area contributed by atoms with E-state index in [1.807, 2.05) is 17.5 Å². The molecule has 0 aromatic carbocycles. The SMILES string of the molecule is NCCNc1cnn(Cc2cccs2)c(=O)c1. The molecule has 6 heteroatoms. The molecular formula is C11H14N4OS. The summed E-state index contributed by atoms with van der Waals surface area (Å²) in [5.74, 6) is 0. The molecule has 17 heavy (non-hydrogen) atoms. The zero-order valence-corrected chi connectivity index (χ0v) is 10.1. The molecule has 0 saturated carbocycles. The van der Waals surface area contributed by atoms with Gasteiger partial charge in [0.1, 0.15) is 0 Å². The van der Waals surface area contributed by atoms with Crippen molar-refractivity contribution in [2.45, 2.75) is 6.54 Å². The van der Waals surface area contributed by atoms with Gasteiger partial charge < -0.3 is 11.1 Å². The van der Waals surface area contributed by atoms with E-state index in [2.05, 4.69) is 10.4 Å². The highest BCUT2D eigenvalue weighted by Crippen LogP contribution is 2.09. The normalized spacial score (nSPS) is 10.4. The Morgan fingerprint density at radius 1 is 1.53 bits per heavy atom. The number of aromatic nitrogens is 2. The third-order valence-electron chi connectivity index (χ3n) is 2.23. The molecule has 0 spiro atoms. The Hall–Kier alpha value is -1.66. The van der Waals surface area contributed by atoms with Crippen LogP contribution in [0.4, 0.5) is 5.69 Å². The van der Waals surface area contributed by atoms with Gasteiger partial charge in [-0.1, -0.05) is 6.07 Å². The maximum Gasteiger partial charge on any atom is 0.269 e. The number of rotatable bonds is 5. The minimum absolute atomic E-state index is 0.111. The van der Waals surface area contributed by atoms with E-state index in [0.717, 1.165) is 4.88 Å². The van der Waals surface area contributed by atoms with Crippen molar-refractivity contribution in [3.8, 4) is 0 Å². The smallest absolute Gasteiger partial charge is 0.269 e. The molecule has 0 bridgehead atoms. The van der Waals surface area contributed by atoms with Gasteiger partial charge in [-0.25, -0.2) is 4.68 Å². The summed E-state index contributed by atoms with van der Waals surface area (Å²) in [6.45, 7) is 1.68. The zero-order valence-electron chi connectivity index (χ0n) is 9.30. The lowest BCUT2D eigenvalue weighted by atomic mass is 10.4. The lowest BCUT2D eigenvalue weighted by Gasteiger charge is -2.06. The molecule has 0 saturated heterocycles. The van der Waals surface area contributed by atoms with Gasteiger partial charge in [-0.3, -0.25) is 4.79 Å². The number of hydrogen-bond acceptors (Lipinski definition) is 5. The summed E-state index contributed by atoms with van der Waals surface area (Å²) in [4.78, 5) is 12.9. The van der Waals surface area contributed by atoms with Crippen LogP contribution >= 0.6 is 11.3 Å². The van der Waals surface area contributed by atoms with Crippen molar-refractivity contribution in [1.82, 2.24) is 9.78 Å². The minimum atomic E-state index is -0.111. The molecule has 0 unspecified atom stereocenters. The van der Waals surface area contributed by atoms with Gasteiger partial charge in [0.05, 0.1) is 18.4 Å². The maximum atomic E-state index is 11.8. The van der Waals surface area contributed by atoms with Gasteiger partial charge in [0.25, 0.3) is 5.56 Å². The summed E-state index contributed by atoms with van der Waals surface area (Å²) in [7, 11) is 0. The first kappa shape index (κ1) is 11.8. The molecule has 3 N–H and O–H groups in total. The maximum absolute atomic E-state index is 11.8. The molecule has 0 aliphatic heterocycles. The molecule has 2 heterocycles. The van der Waals surface area contributed by atoms with Crippen LogP contribution in [0, 0.1) is 0 Å². The third-order valence-corrected chi connectivity index (χ3v) is 3.09. The largest absolute Gasteiger partial charge is 0.382 e. The van der Waals surface area contributed by atoms with Crippen LogP contribution in [0.3, 0.4) is 0 Å². The van der Waals surface area contributed by atoms with E-state index in [1.165, 1.54) is 10.7 Å². The van der Waals surface area contributed by atoms with Crippen molar-refractivity contribution < 1.29 is 0 Å².